The fraction of sp³-hybridized carbons (Fsp3) is 0.348. The zero-order chi connectivity index (χ0) is 26.4. The minimum atomic E-state index is -4.81. The van der Waals surface area contributed by atoms with E-state index in [1.165, 1.54) is 41.9 Å². The quantitative estimate of drug-likeness (QED) is 0.353. The Bertz CT molecular complexity index is 1160. The normalized spacial score (nSPS) is 16.6. The maximum atomic E-state index is 13.5. The van der Waals surface area contributed by atoms with Gasteiger partial charge in [0.2, 0.25) is 0 Å². The third kappa shape index (κ3) is 6.52. The molecule has 1 heterocycles. The molecule has 2 aromatic rings. The average Bonchev–Trinajstić information content (AvgIpc) is 2.85. The van der Waals surface area contributed by atoms with Gasteiger partial charge in [-0.2, -0.15) is 0 Å². The van der Waals surface area contributed by atoms with E-state index in [4.69, 9.17) is 4.74 Å². The molecule has 1 aliphatic heterocycles. The predicted molar refractivity (Wildman–Crippen MR) is 128 cm³/mol. The van der Waals surface area contributed by atoms with Crippen molar-refractivity contribution in [1.29, 1.82) is 0 Å². The van der Waals surface area contributed by atoms with Crippen LogP contribution in [0.1, 0.15) is 12.8 Å². The first-order chi connectivity index (χ1) is 17.0. The van der Waals surface area contributed by atoms with Crippen molar-refractivity contribution >= 4 is 27.5 Å². The molecule has 1 aliphatic rings. The fourth-order valence-corrected chi connectivity index (χ4v) is 6.10. The van der Waals surface area contributed by atoms with Gasteiger partial charge in [0.05, 0.1) is 4.90 Å². The maximum Gasteiger partial charge on any atom is 0.573 e. The molecule has 3 rings (SSSR count). The predicted octanol–water partition coefficient (Wildman–Crippen LogP) is 4.37. The zero-order valence-corrected chi connectivity index (χ0v) is 20.8. The lowest BCUT2D eigenvalue weighted by atomic mass is 9.95. The van der Waals surface area contributed by atoms with Gasteiger partial charge < -0.3 is 9.47 Å². The van der Waals surface area contributed by atoms with Gasteiger partial charge in [-0.25, -0.2) is 13.9 Å². The number of nitrogens with one attached hydrogen (secondary N) is 1. The van der Waals surface area contributed by atoms with Gasteiger partial charge in [0.1, 0.15) is 17.2 Å². The van der Waals surface area contributed by atoms with Crippen LogP contribution in [0.3, 0.4) is 0 Å². The van der Waals surface area contributed by atoms with Crippen LogP contribution in [-0.2, 0) is 14.6 Å². The molecular weight excluding hydrogens is 521 g/mol. The first-order valence-electron chi connectivity index (χ1n) is 10.7. The zero-order valence-electron chi connectivity index (χ0n) is 19.2. The first kappa shape index (κ1) is 27.8. The van der Waals surface area contributed by atoms with Crippen LogP contribution in [0.5, 0.6) is 17.2 Å². The smallest absolute Gasteiger partial charge is 0.457 e. The van der Waals surface area contributed by atoms with E-state index in [9.17, 15) is 31.6 Å². The number of carbonyl (C=O) groups excluding carboxylic acids is 1. The van der Waals surface area contributed by atoms with Gasteiger partial charge in [-0.05, 0) is 73.0 Å². The van der Waals surface area contributed by atoms with E-state index >= 15 is 0 Å². The van der Waals surface area contributed by atoms with E-state index < -0.39 is 32.6 Å². The highest BCUT2D eigenvalue weighted by molar-refractivity contribution is 8.01. The number of benzene rings is 2. The minimum absolute atomic E-state index is 0.000564. The van der Waals surface area contributed by atoms with E-state index in [-0.39, 0.29) is 29.2 Å². The summed E-state index contributed by atoms with van der Waals surface area (Å²) in [5.74, 6) is -0.952. The molecule has 8 nitrogen and oxygen atoms in total. The number of alkyl halides is 3. The molecule has 0 unspecified atom stereocenters. The molecule has 2 aromatic carbocycles. The molecule has 13 heteroatoms. The van der Waals surface area contributed by atoms with Crippen molar-refractivity contribution < 1.29 is 41.1 Å². The fourth-order valence-electron chi connectivity index (χ4n) is 3.86. The largest absolute Gasteiger partial charge is 0.573 e. The SMILES string of the molecule is CSC=CCN1CCC(C(=O)NO)(S(=O)(=O)c2ccc(Oc3ccc(OC(F)(F)F)cc3)cc2)CC1. The highest BCUT2D eigenvalue weighted by atomic mass is 32.2. The number of hydrogen-bond acceptors (Lipinski definition) is 8. The molecule has 196 valence electrons. The van der Waals surface area contributed by atoms with Gasteiger partial charge in [0.15, 0.2) is 14.6 Å². The summed E-state index contributed by atoms with van der Waals surface area (Å²) in [6, 6.07) is 10.0. The number of sulfone groups is 1. The van der Waals surface area contributed by atoms with Crippen LogP contribution >= 0.6 is 11.8 Å². The second-order valence-electron chi connectivity index (χ2n) is 7.94. The Morgan fingerprint density at radius 3 is 2.11 bits per heavy atom. The number of ether oxygens (including phenoxy) is 2. The van der Waals surface area contributed by atoms with Crippen molar-refractivity contribution in [3.05, 3.63) is 60.0 Å². The number of piperidine rings is 1. The number of halogens is 3. The van der Waals surface area contributed by atoms with Crippen molar-refractivity contribution in [3.63, 3.8) is 0 Å². The monoisotopic (exact) mass is 546 g/mol. The lowest BCUT2D eigenvalue weighted by molar-refractivity contribution is -0.274. The van der Waals surface area contributed by atoms with E-state index in [1.54, 1.807) is 11.8 Å². The lowest BCUT2D eigenvalue weighted by Gasteiger charge is -2.39. The summed E-state index contributed by atoms with van der Waals surface area (Å²) < 4.78 is 71.5. The number of thioether (sulfide) groups is 1. The Kier molecular flexibility index (Phi) is 8.93. The molecule has 1 fully saturated rings. The summed E-state index contributed by atoms with van der Waals surface area (Å²) >= 11 is 1.55. The van der Waals surface area contributed by atoms with Crippen LogP contribution in [-0.4, -0.2) is 61.4 Å². The Balaban J connectivity index is 1.75. The lowest BCUT2D eigenvalue weighted by Crippen LogP contribution is -2.57. The van der Waals surface area contributed by atoms with Gasteiger partial charge in [-0.1, -0.05) is 6.08 Å². The number of rotatable bonds is 9. The summed E-state index contributed by atoms with van der Waals surface area (Å²) in [4.78, 5) is 14.5. The Labute approximate surface area is 210 Å². The molecule has 1 saturated heterocycles. The maximum absolute atomic E-state index is 13.5. The van der Waals surface area contributed by atoms with E-state index in [0.717, 1.165) is 12.1 Å². The standard InChI is InChI=1S/C23H25F3N2O6S2/c1-35-16-2-13-28-14-11-22(12-15-28,21(29)27-30)36(31,32)20-9-7-18(8-10-20)33-17-3-5-19(6-4-17)34-23(24,25)26/h2-10,16,30H,11-15H2,1H3,(H,27,29). The van der Waals surface area contributed by atoms with Gasteiger partial charge in [0, 0.05) is 19.6 Å². The topological polar surface area (TPSA) is 105 Å². The summed E-state index contributed by atoms with van der Waals surface area (Å²) in [6.07, 6.45) is -0.932. The molecule has 0 radical (unpaired) electrons. The highest BCUT2D eigenvalue weighted by Crippen LogP contribution is 2.37. The molecule has 0 spiro atoms. The number of hydroxylamine groups is 1. The van der Waals surface area contributed by atoms with Crippen LogP contribution in [0, 0.1) is 0 Å². The number of likely N-dealkylation sites (tertiary alicyclic amines) is 1. The summed E-state index contributed by atoms with van der Waals surface area (Å²) in [7, 11) is -4.20. The average molecular weight is 547 g/mol. The van der Waals surface area contributed by atoms with Crippen LogP contribution in [0.4, 0.5) is 13.2 Å². The van der Waals surface area contributed by atoms with E-state index in [1.807, 2.05) is 22.6 Å². The number of carbonyl (C=O) groups is 1. The molecule has 36 heavy (non-hydrogen) atoms. The number of nitrogens with zero attached hydrogens (tertiary/aromatic N) is 1. The van der Waals surface area contributed by atoms with Crippen molar-refractivity contribution in [2.24, 2.45) is 0 Å². The molecule has 0 saturated carbocycles. The highest BCUT2D eigenvalue weighted by Gasteiger charge is 2.52. The molecule has 0 aromatic heterocycles. The summed E-state index contributed by atoms with van der Waals surface area (Å²) in [6.45, 7) is 1.31. The number of hydrogen-bond donors (Lipinski definition) is 2. The van der Waals surface area contributed by atoms with Gasteiger partial charge >= 0.3 is 6.36 Å². The molecule has 1 amide bonds. The number of amides is 1. The second kappa shape index (κ2) is 11.5. The van der Waals surface area contributed by atoms with Gasteiger partial charge in [0.25, 0.3) is 5.91 Å². The molecule has 0 atom stereocenters. The third-order valence-electron chi connectivity index (χ3n) is 5.72. The molecule has 2 N–H and O–H groups in total. The Morgan fingerprint density at radius 1 is 1.08 bits per heavy atom. The Morgan fingerprint density at radius 2 is 1.61 bits per heavy atom. The van der Waals surface area contributed by atoms with E-state index in [0.29, 0.717) is 19.6 Å². The van der Waals surface area contributed by atoms with Crippen molar-refractivity contribution in [3.8, 4) is 17.2 Å². The van der Waals surface area contributed by atoms with Crippen LogP contribution in [0.25, 0.3) is 0 Å². The van der Waals surface area contributed by atoms with Gasteiger partial charge in [-0.15, -0.1) is 24.9 Å². The second-order valence-corrected chi connectivity index (χ2v) is 10.9. The minimum Gasteiger partial charge on any atom is -0.457 e. The molecule has 0 bridgehead atoms. The summed E-state index contributed by atoms with van der Waals surface area (Å²) in [5.41, 5.74) is 1.52. The van der Waals surface area contributed by atoms with Crippen LogP contribution in [0.15, 0.2) is 64.9 Å². The Hall–Kier alpha value is -2.74. The van der Waals surface area contributed by atoms with Crippen LogP contribution < -0.4 is 15.0 Å². The third-order valence-corrected chi connectivity index (χ3v) is 8.70. The molecular formula is C23H25F3N2O6S2. The van der Waals surface area contributed by atoms with E-state index in [2.05, 4.69) is 4.74 Å². The van der Waals surface area contributed by atoms with Crippen molar-refractivity contribution in [2.75, 3.05) is 25.9 Å². The van der Waals surface area contributed by atoms with Crippen molar-refractivity contribution in [1.82, 2.24) is 10.4 Å². The molecule has 0 aliphatic carbocycles. The van der Waals surface area contributed by atoms with Crippen LogP contribution in [0.2, 0.25) is 0 Å². The van der Waals surface area contributed by atoms with Gasteiger partial charge in [-0.3, -0.25) is 14.9 Å². The van der Waals surface area contributed by atoms with Crippen molar-refractivity contribution in [2.45, 2.75) is 28.8 Å². The summed E-state index contributed by atoms with van der Waals surface area (Å²) in [5, 5.41) is 11.2. The first-order valence-corrected chi connectivity index (χ1v) is 13.5.